The highest BCUT2D eigenvalue weighted by atomic mass is 32.1. The minimum atomic E-state index is -0.798. The van der Waals surface area contributed by atoms with E-state index in [-0.39, 0.29) is 27.8 Å². The van der Waals surface area contributed by atoms with Crippen molar-refractivity contribution in [2.45, 2.75) is 6.54 Å². The maximum atomic E-state index is 13.8. The highest BCUT2D eigenvalue weighted by Crippen LogP contribution is 2.33. The number of rotatable bonds is 5. The zero-order valence-corrected chi connectivity index (χ0v) is 13.5. The number of halogens is 3. The normalized spacial score (nSPS) is 10.8. The third kappa shape index (κ3) is 3.48. The smallest absolute Gasteiger partial charge is 0.277 e. The number of nitrogens with one attached hydrogen (secondary N) is 1. The van der Waals surface area contributed by atoms with Crippen molar-refractivity contribution in [1.82, 2.24) is 14.8 Å². The minimum Gasteiger partial charge on any atom is -0.389 e. The molecule has 0 aliphatic carbocycles. The van der Waals surface area contributed by atoms with Gasteiger partial charge in [0.15, 0.2) is 5.69 Å². The number of hydrogen-bond donors (Lipinski definition) is 2. The number of aromatic nitrogens is 3. The fourth-order valence-corrected chi connectivity index (χ4v) is 3.01. The molecule has 3 rings (SSSR count). The molecule has 0 aliphatic rings. The van der Waals surface area contributed by atoms with E-state index in [9.17, 15) is 18.0 Å². The average Bonchev–Trinajstić information content (AvgIpc) is 3.14. The van der Waals surface area contributed by atoms with E-state index >= 15 is 0 Å². The molecule has 1 amide bonds. The van der Waals surface area contributed by atoms with Crippen molar-refractivity contribution in [3.63, 3.8) is 0 Å². The van der Waals surface area contributed by atoms with Crippen LogP contribution in [-0.2, 0) is 6.54 Å². The van der Waals surface area contributed by atoms with Gasteiger partial charge < -0.3 is 11.1 Å². The van der Waals surface area contributed by atoms with E-state index in [1.807, 2.05) is 0 Å². The topological polar surface area (TPSA) is 85.8 Å². The van der Waals surface area contributed by atoms with Gasteiger partial charge in [0, 0.05) is 6.20 Å². The van der Waals surface area contributed by atoms with E-state index in [1.54, 1.807) is 0 Å². The lowest BCUT2D eigenvalue weighted by atomic mass is 10.2. The summed E-state index contributed by atoms with van der Waals surface area (Å²) in [5, 5.41) is 6.35. The number of nitrogens with two attached hydrogens (primary N) is 1. The van der Waals surface area contributed by atoms with Crippen LogP contribution in [0.5, 0.6) is 0 Å². The largest absolute Gasteiger partial charge is 0.389 e. The standard InChI is InChI=1S/C15H12F3N5OS/c16-4-5-23-7-8(6-20-23)21-14(24)12-13(19)25-15(22-12)11-9(17)2-1-3-10(11)18/h1-3,6-7H,4-5,19H2,(H,21,24). The zero-order valence-electron chi connectivity index (χ0n) is 12.7. The van der Waals surface area contributed by atoms with Crippen LogP contribution >= 0.6 is 11.3 Å². The van der Waals surface area contributed by atoms with Crippen molar-refractivity contribution in [1.29, 1.82) is 0 Å². The van der Waals surface area contributed by atoms with E-state index in [2.05, 4.69) is 15.4 Å². The molecular formula is C15H12F3N5OS. The molecule has 25 heavy (non-hydrogen) atoms. The number of nitrogens with zero attached hydrogens (tertiary/aromatic N) is 3. The Bertz CT molecular complexity index is 904. The van der Waals surface area contributed by atoms with E-state index in [0.717, 1.165) is 23.5 Å². The van der Waals surface area contributed by atoms with Crippen LogP contribution in [0.2, 0.25) is 0 Å². The van der Waals surface area contributed by atoms with Gasteiger partial charge in [-0.05, 0) is 12.1 Å². The Hall–Kier alpha value is -2.88. The number of nitrogen functional groups attached to an aromatic ring is 1. The Kier molecular flexibility index (Phi) is 4.70. The molecule has 0 fully saturated rings. The fourth-order valence-electron chi connectivity index (χ4n) is 2.13. The molecule has 3 aromatic rings. The van der Waals surface area contributed by atoms with Gasteiger partial charge in [-0.25, -0.2) is 18.2 Å². The molecule has 0 atom stereocenters. The SMILES string of the molecule is Nc1sc(-c2c(F)cccc2F)nc1C(=O)Nc1cnn(CCF)c1. The van der Waals surface area contributed by atoms with Crippen LogP contribution in [-0.4, -0.2) is 27.3 Å². The van der Waals surface area contributed by atoms with Crippen molar-refractivity contribution < 1.29 is 18.0 Å². The molecule has 3 N–H and O–H groups in total. The number of carbonyl (C=O) groups is 1. The van der Waals surface area contributed by atoms with Gasteiger partial charge in [-0.15, -0.1) is 0 Å². The van der Waals surface area contributed by atoms with Gasteiger partial charge in [-0.1, -0.05) is 17.4 Å². The first kappa shape index (κ1) is 17.0. The van der Waals surface area contributed by atoms with E-state index in [1.165, 1.54) is 23.1 Å². The first-order chi connectivity index (χ1) is 12.0. The second-order valence-electron chi connectivity index (χ2n) is 4.96. The third-order valence-electron chi connectivity index (χ3n) is 3.25. The number of amides is 1. The quantitative estimate of drug-likeness (QED) is 0.726. The number of alkyl halides is 1. The van der Waals surface area contributed by atoms with E-state index < -0.39 is 24.2 Å². The number of hydrogen-bond acceptors (Lipinski definition) is 5. The molecule has 0 spiro atoms. The van der Waals surface area contributed by atoms with Crippen molar-refractivity contribution in [2.24, 2.45) is 0 Å². The van der Waals surface area contributed by atoms with Crippen molar-refractivity contribution in [3.05, 3.63) is 47.9 Å². The Morgan fingerprint density at radius 2 is 2.04 bits per heavy atom. The molecule has 6 nitrogen and oxygen atoms in total. The summed E-state index contributed by atoms with van der Waals surface area (Å²) >= 11 is 0.803. The Morgan fingerprint density at radius 3 is 2.72 bits per heavy atom. The number of aryl methyl sites for hydroxylation is 1. The fraction of sp³-hybridized carbons (Fsp3) is 0.133. The lowest BCUT2D eigenvalue weighted by Crippen LogP contribution is -2.13. The first-order valence-electron chi connectivity index (χ1n) is 7.10. The summed E-state index contributed by atoms with van der Waals surface area (Å²) in [6.45, 7) is -0.531. The second-order valence-corrected chi connectivity index (χ2v) is 5.99. The van der Waals surface area contributed by atoms with Crippen molar-refractivity contribution in [3.8, 4) is 10.6 Å². The Balaban J connectivity index is 1.85. The minimum absolute atomic E-state index is 0.0197. The summed E-state index contributed by atoms with van der Waals surface area (Å²) < 4.78 is 41.3. The summed E-state index contributed by atoms with van der Waals surface area (Å²) in [4.78, 5) is 16.2. The van der Waals surface area contributed by atoms with Gasteiger partial charge in [0.2, 0.25) is 0 Å². The van der Waals surface area contributed by atoms with Gasteiger partial charge in [-0.3, -0.25) is 9.48 Å². The predicted octanol–water partition coefficient (Wildman–Crippen LogP) is 3.09. The molecule has 0 saturated carbocycles. The van der Waals surface area contributed by atoms with Gasteiger partial charge >= 0.3 is 0 Å². The molecule has 0 saturated heterocycles. The molecule has 130 valence electrons. The monoisotopic (exact) mass is 367 g/mol. The molecule has 10 heteroatoms. The summed E-state index contributed by atoms with van der Waals surface area (Å²) in [5.74, 6) is -2.25. The second kappa shape index (κ2) is 6.93. The Morgan fingerprint density at radius 1 is 1.32 bits per heavy atom. The summed E-state index contributed by atoms with van der Waals surface area (Å²) in [5.41, 5.74) is 5.60. The highest BCUT2D eigenvalue weighted by Gasteiger charge is 2.21. The number of carbonyl (C=O) groups excluding carboxylic acids is 1. The van der Waals surface area contributed by atoms with Crippen LogP contribution < -0.4 is 11.1 Å². The molecule has 2 aromatic heterocycles. The van der Waals surface area contributed by atoms with Crippen LogP contribution in [0, 0.1) is 11.6 Å². The van der Waals surface area contributed by atoms with Crippen molar-refractivity contribution in [2.75, 3.05) is 17.7 Å². The molecule has 1 aromatic carbocycles. The first-order valence-corrected chi connectivity index (χ1v) is 7.91. The van der Waals surface area contributed by atoms with Crippen LogP contribution in [0.25, 0.3) is 10.6 Å². The maximum absolute atomic E-state index is 13.8. The number of thiazole rings is 1. The third-order valence-corrected chi connectivity index (χ3v) is 4.15. The van der Waals surface area contributed by atoms with Crippen LogP contribution in [0.4, 0.5) is 23.9 Å². The summed E-state index contributed by atoms with van der Waals surface area (Å²) in [6, 6.07) is 3.41. The number of benzene rings is 1. The van der Waals surface area contributed by atoms with E-state index in [4.69, 9.17) is 5.73 Å². The molecule has 0 aliphatic heterocycles. The molecule has 2 heterocycles. The summed E-state index contributed by atoms with van der Waals surface area (Å²) in [6.07, 6.45) is 2.78. The molecule has 0 unspecified atom stereocenters. The van der Waals surface area contributed by atoms with Crippen molar-refractivity contribution >= 4 is 27.9 Å². The predicted molar refractivity (Wildman–Crippen MR) is 88.0 cm³/mol. The van der Waals surface area contributed by atoms with Crippen LogP contribution in [0.1, 0.15) is 10.5 Å². The maximum Gasteiger partial charge on any atom is 0.277 e. The Labute approximate surface area is 144 Å². The van der Waals surface area contributed by atoms with Gasteiger partial charge in [0.25, 0.3) is 5.91 Å². The lowest BCUT2D eigenvalue weighted by molar-refractivity contribution is 0.102. The van der Waals surface area contributed by atoms with Crippen LogP contribution in [0.15, 0.2) is 30.6 Å². The average molecular weight is 367 g/mol. The highest BCUT2D eigenvalue weighted by molar-refractivity contribution is 7.19. The molecule has 0 bridgehead atoms. The number of anilines is 2. The van der Waals surface area contributed by atoms with Gasteiger partial charge in [0.1, 0.15) is 28.3 Å². The van der Waals surface area contributed by atoms with Crippen LogP contribution in [0.3, 0.4) is 0 Å². The zero-order chi connectivity index (χ0) is 18.0. The van der Waals surface area contributed by atoms with Gasteiger partial charge in [0.05, 0.1) is 24.0 Å². The van der Waals surface area contributed by atoms with Gasteiger partial charge in [-0.2, -0.15) is 5.10 Å². The van der Waals surface area contributed by atoms with E-state index in [0.29, 0.717) is 5.69 Å². The lowest BCUT2D eigenvalue weighted by Gasteiger charge is -2.01. The summed E-state index contributed by atoms with van der Waals surface area (Å²) in [7, 11) is 0. The molecular weight excluding hydrogens is 355 g/mol. The molecule has 0 radical (unpaired) electrons.